The predicted molar refractivity (Wildman–Crippen MR) is 107 cm³/mol. The van der Waals surface area contributed by atoms with Crippen molar-refractivity contribution in [2.75, 3.05) is 26.7 Å². The number of ether oxygens (including phenoxy) is 1. The lowest BCUT2D eigenvalue weighted by Gasteiger charge is -2.30. The van der Waals surface area contributed by atoms with Gasteiger partial charge in [-0.1, -0.05) is 41.6 Å². The van der Waals surface area contributed by atoms with Crippen LogP contribution in [0.3, 0.4) is 0 Å². The largest absolute Gasteiger partial charge is 0.489 e. The summed E-state index contributed by atoms with van der Waals surface area (Å²) < 4.78 is 11.5. The van der Waals surface area contributed by atoms with Crippen LogP contribution < -0.4 is 10.1 Å². The van der Waals surface area contributed by atoms with Gasteiger partial charge >= 0.3 is 0 Å². The van der Waals surface area contributed by atoms with Gasteiger partial charge in [0.15, 0.2) is 5.82 Å². The third-order valence-corrected chi connectivity index (χ3v) is 5.20. The Bertz CT molecular complexity index is 924. The number of piperazine rings is 1. The maximum absolute atomic E-state index is 5.98. The minimum atomic E-state index is 0.162. The lowest BCUT2D eigenvalue weighted by Crippen LogP contribution is -2.44. The Morgan fingerprint density at radius 2 is 2.11 bits per heavy atom. The molecule has 28 heavy (non-hydrogen) atoms. The van der Waals surface area contributed by atoms with Crippen LogP contribution in [-0.4, -0.2) is 41.7 Å². The van der Waals surface area contributed by atoms with Crippen molar-refractivity contribution in [3.63, 3.8) is 0 Å². The van der Waals surface area contributed by atoms with E-state index in [4.69, 9.17) is 9.26 Å². The summed E-state index contributed by atoms with van der Waals surface area (Å²) in [6.07, 6.45) is 0.596. The molecule has 0 bridgehead atoms. The van der Waals surface area contributed by atoms with E-state index in [9.17, 15) is 0 Å². The number of aryl methyl sites for hydroxylation is 1. The monoisotopic (exact) mass is 378 g/mol. The van der Waals surface area contributed by atoms with E-state index in [1.54, 1.807) is 0 Å². The van der Waals surface area contributed by atoms with Crippen molar-refractivity contribution in [1.29, 1.82) is 0 Å². The summed E-state index contributed by atoms with van der Waals surface area (Å²) in [5.74, 6) is 2.22. The molecule has 1 saturated heterocycles. The van der Waals surface area contributed by atoms with E-state index in [1.165, 1.54) is 11.1 Å². The van der Waals surface area contributed by atoms with Gasteiger partial charge in [0.25, 0.3) is 0 Å². The van der Waals surface area contributed by atoms with Crippen LogP contribution in [0.2, 0.25) is 0 Å². The summed E-state index contributed by atoms with van der Waals surface area (Å²) in [5.41, 5.74) is 3.52. The summed E-state index contributed by atoms with van der Waals surface area (Å²) in [6, 6.07) is 16.5. The highest BCUT2D eigenvalue weighted by atomic mass is 16.5. The fourth-order valence-electron chi connectivity index (χ4n) is 3.42. The molecular weight excluding hydrogens is 352 g/mol. The molecule has 2 aromatic carbocycles. The Hall–Kier alpha value is -2.70. The zero-order valence-corrected chi connectivity index (χ0v) is 16.4. The summed E-state index contributed by atoms with van der Waals surface area (Å²) in [5, 5.41) is 7.58. The van der Waals surface area contributed by atoms with Gasteiger partial charge in [0.2, 0.25) is 5.89 Å². The van der Waals surface area contributed by atoms with Crippen LogP contribution in [0, 0.1) is 6.92 Å². The summed E-state index contributed by atoms with van der Waals surface area (Å²) in [7, 11) is 2.09. The van der Waals surface area contributed by atoms with Crippen molar-refractivity contribution in [3.05, 3.63) is 76.9 Å². The Labute approximate surface area is 165 Å². The van der Waals surface area contributed by atoms with E-state index < -0.39 is 0 Å². The summed E-state index contributed by atoms with van der Waals surface area (Å²) >= 11 is 0. The second-order valence-corrected chi connectivity index (χ2v) is 7.29. The van der Waals surface area contributed by atoms with Gasteiger partial charge in [-0.2, -0.15) is 4.98 Å². The van der Waals surface area contributed by atoms with Gasteiger partial charge in [0.05, 0.1) is 12.5 Å². The zero-order valence-electron chi connectivity index (χ0n) is 16.4. The maximum atomic E-state index is 5.98. The molecule has 6 heteroatoms. The predicted octanol–water partition coefficient (Wildman–Crippen LogP) is 3.12. The fourth-order valence-corrected chi connectivity index (χ4v) is 3.42. The Kier molecular flexibility index (Phi) is 5.69. The zero-order chi connectivity index (χ0) is 19.3. The lowest BCUT2D eigenvalue weighted by molar-refractivity contribution is 0.190. The minimum absolute atomic E-state index is 0.162. The highest BCUT2D eigenvalue weighted by Gasteiger charge is 2.25. The van der Waals surface area contributed by atoms with Crippen LogP contribution in [0.4, 0.5) is 0 Å². The molecule has 1 fully saturated rings. The van der Waals surface area contributed by atoms with Crippen molar-refractivity contribution in [2.45, 2.75) is 26.0 Å². The van der Waals surface area contributed by atoms with E-state index in [2.05, 4.69) is 52.5 Å². The molecule has 0 aliphatic carbocycles. The molecule has 4 rings (SSSR count). The number of benzene rings is 2. The first kappa shape index (κ1) is 18.7. The Morgan fingerprint density at radius 1 is 1.21 bits per heavy atom. The molecule has 1 N–H and O–H groups in total. The number of hydrogen-bond acceptors (Lipinski definition) is 6. The third kappa shape index (κ3) is 4.40. The standard InChI is InChI=1S/C22H26N4O2/c1-16-6-3-4-8-18(16)15-27-19-9-5-7-17(12-19)13-21-24-22(25-28-21)20-14-23-10-11-26(20)2/h3-9,12,20,23H,10-11,13-15H2,1-2H3. The van der Waals surface area contributed by atoms with Crippen LogP contribution in [-0.2, 0) is 13.0 Å². The Morgan fingerprint density at radius 3 is 2.96 bits per heavy atom. The molecule has 0 spiro atoms. The maximum Gasteiger partial charge on any atom is 0.231 e. The first-order valence-corrected chi connectivity index (χ1v) is 9.69. The fraction of sp³-hybridized carbons (Fsp3) is 0.364. The molecule has 0 radical (unpaired) electrons. The molecule has 1 unspecified atom stereocenters. The quantitative estimate of drug-likeness (QED) is 0.711. The van der Waals surface area contributed by atoms with E-state index in [0.717, 1.165) is 36.8 Å². The van der Waals surface area contributed by atoms with Crippen LogP contribution in [0.5, 0.6) is 5.75 Å². The van der Waals surface area contributed by atoms with Crippen molar-refractivity contribution in [2.24, 2.45) is 0 Å². The van der Waals surface area contributed by atoms with Crippen LogP contribution >= 0.6 is 0 Å². The molecule has 3 aromatic rings. The van der Waals surface area contributed by atoms with Gasteiger partial charge in [0, 0.05) is 19.6 Å². The van der Waals surface area contributed by atoms with Gasteiger partial charge in [-0.25, -0.2) is 0 Å². The smallest absolute Gasteiger partial charge is 0.231 e. The number of hydrogen-bond donors (Lipinski definition) is 1. The van der Waals surface area contributed by atoms with Crippen LogP contribution in [0.15, 0.2) is 53.1 Å². The normalized spacial score (nSPS) is 17.6. The highest BCUT2D eigenvalue weighted by Crippen LogP contribution is 2.21. The molecule has 1 atom stereocenters. The molecule has 1 aliphatic heterocycles. The van der Waals surface area contributed by atoms with Crippen molar-refractivity contribution in [3.8, 4) is 5.75 Å². The van der Waals surface area contributed by atoms with Gasteiger partial charge in [-0.05, 0) is 42.8 Å². The van der Waals surface area contributed by atoms with Crippen molar-refractivity contribution >= 4 is 0 Å². The van der Waals surface area contributed by atoms with E-state index >= 15 is 0 Å². The molecule has 2 heterocycles. The van der Waals surface area contributed by atoms with E-state index in [1.807, 2.05) is 30.3 Å². The first-order valence-electron chi connectivity index (χ1n) is 9.69. The molecule has 6 nitrogen and oxygen atoms in total. The average Bonchev–Trinajstić information content (AvgIpc) is 3.16. The lowest BCUT2D eigenvalue weighted by atomic mass is 10.1. The molecular formula is C22H26N4O2. The number of nitrogens with one attached hydrogen (secondary N) is 1. The van der Waals surface area contributed by atoms with Crippen LogP contribution in [0.1, 0.15) is 34.4 Å². The molecule has 1 aliphatic rings. The topological polar surface area (TPSA) is 63.4 Å². The molecule has 146 valence electrons. The van der Waals surface area contributed by atoms with Crippen molar-refractivity contribution in [1.82, 2.24) is 20.4 Å². The minimum Gasteiger partial charge on any atom is -0.489 e. The average molecular weight is 378 g/mol. The summed E-state index contributed by atoms with van der Waals surface area (Å²) in [6.45, 7) is 5.48. The SMILES string of the molecule is Cc1ccccc1COc1cccc(Cc2nc(C3CNCCN3C)no2)c1. The molecule has 0 amide bonds. The van der Waals surface area contributed by atoms with Crippen molar-refractivity contribution < 1.29 is 9.26 Å². The second kappa shape index (κ2) is 8.54. The van der Waals surface area contributed by atoms with Gasteiger partial charge < -0.3 is 14.6 Å². The van der Waals surface area contributed by atoms with Gasteiger partial charge in [0.1, 0.15) is 12.4 Å². The van der Waals surface area contributed by atoms with Crippen LogP contribution in [0.25, 0.3) is 0 Å². The molecule has 1 aromatic heterocycles. The van der Waals surface area contributed by atoms with E-state index in [0.29, 0.717) is 18.9 Å². The number of rotatable bonds is 6. The number of likely N-dealkylation sites (N-methyl/N-ethyl adjacent to an activating group) is 1. The van der Waals surface area contributed by atoms with E-state index in [-0.39, 0.29) is 6.04 Å². The summed E-state index contributed by atoms with van der Waals surface area (Å²) in [4.78, 5) is 6.87. The Balaban J connectivity index is 1.40. The number of aromatic nitrogens is 2. The first-order chi connectivity index (χ1) is 13.7. The second-order valence-electron chi connectivity index (χ2n) is 7.29. The van der Waals surface area contributed by atoms with Gasteiger partial charge in [-0.15, -0.1) is 0 Å². The number of nitrogens with zero attached hydrogens (tertiary/aromatic N) is 3. The highest BCUT2D eigenvalue weighted by molar-refractivity contribution is 5.31. The molecule has 0 saturated carbocycles. The third-order valence-electron chi connectivity index (χ3n) is 5.20. The van der Waals surface area contributed by atoms with Gasteiger partial charge in [-0.3, -0.25) is 4.90 Å².